The molecule has 0 amide bonds. The van der Waals surface area contributed by atoms with Gasteiger partial charge in [0.1, 0.15) is 0 Å². The first kappa shape index (κ1) is 10.9. The molecule has 1 aliphatic heterocycles. The fraction of sp³-hybridized carbons (Fsp3) is 1.00. The van der Waals surface area contributed by atoms with E-state index in [9.17, 15) is 8.78 Å². The zero-order valence-corrected chi connectivity index (χ0v) is 8.02. The van der Waals surface area contributed by atoms with Gasteiger partial charge in [0, 0.05) is 12.6 Å². The lowest BCUT2D eigenvalue weighted by Gasteiger charge is -2.30. The Morgan fingerprint density at radius 2 is 2.31 bits per heavy atom. The lowest BCUT2D eigenvalue weighted by Crippen LogP contribution is -2.47. The third-order valence-electron chi connectivity index (χ3n) is 2.59. The molecule has 4 heteroatoms. The number of piperidine rings is 1. The summed E-state index contributed by atoms with van der Waals surface area (Å²) in [4.78, 5) is 0. The molecule has 0 bridgehead atoms. The van der Waals surface area contributed by atoms with Gasteiger partial charge in [-0.3, -0.25) is 0 Å². The molecule has 2 N–H and O–H groups in total. The van der Waals surface area contributed by atoms with Gasteiger partial charge in [-0.05, 0) is 25.3 Å². The highest BCUT2D eigenvalue weighted by Crippen LogP contribution is 2.14. The SMILES string of the molecule is CC1CCCNC1CNCC(F)F. The van der Waals surface area contributed by atoms with Crippen LogP contribution in [0.2, 0.25) is 0 Å². The van der Waals surface area contributed by atoms with E-state index in [1.807, 2.05) is 0 Å². The minimum atomic E-state index is -2.24. The smallest absolute Gasteiger partial charge is 0.250 e. The van der Waals surface area contributed by atoms with Crippen molar-refractivity contribution in [1.29, 1.82) is 0 Å². The van der Waals surface area contributed by atoms with Crippen LogP contribution in [-0.4, -0.2) is 32.1 Å². The Balaban J connectivity index is 2.11. The van der Waals surface area contributed by atoms with Crippen LogP contribution in [0.5, 0.6) is 0 Å². The maximum absolute atomic E-state index is 11.8. The molecule has 2 nitrogen and oxygen atoms in total. The molecular formula is C9H18F2N2. The van der Waals surface area contributed by atoms with Gasteiger partial charge in [0.05, 0.1) is 6.54 Å². The fourth-order valence-corrected chi connectivity index (χ4v) is 1.74. The van der Waals surface area contributed by atoms with Crippen molar-refractivity contribution >= 4 is 0 Å². The monoisotopic (exact) mass is 192 g/mol. The highest BCUT2D eigenvalue weighted by Gasteiger charge is 2.20. The molecule has 1 aliphatic rings. The summed E-state index contributed by atoms with van der Waals surface area (Å²) in [5.41, 5.74) is 0. The summed E-state index contributed by atoms with van der Waals surface area (Å²) in [5, 5.41) is 6.11. The first-order chi connectivity index (χ1) is 6.20. The van der Waals surface area contributed by atoms with E-state index in [1.165, 1.54) is 12.8 Å². The van der Waals surface area contributed by atoms with E-state index < -0.39 is 6.43 Å². The summed E-state index contributed by atoms with van der Waals surface area (Å²) in [6.45, 7) is 3.66. The van der Waals surface area contributed by atoms with Crippen molar-refractivity contribution in [3.05, 3.63) is 0 Å². The second kappa shape index (κ2) is 5.50. The van der Waals surface area contributed by atoms with Crippen molar-refractivity contribution < 1.29 is 8.78 Å². The van der Waals surface area contributed by atoms with Crippen LogP contribution < -0.4 is 10.6 Å². The zero-order chi connectivity index (χ0) is 9.68. The van der Waals surface area contributed by atoms with Gasteiger partial charge < -0.3 is 10.6 Å². The van der Waals surface area contributed by atoms with Crippen LogP contribution >= 0.6 is 0 Å². The summed E-state index contributed by atoms with van der Waals surface area (Å²) in [5.74, 6) is 0.596. The summed E-state index contributed by atoms with van der Waals surface area (Å²) in [7, 11) is 0. The number of nitrogens with one attached hydrogen (secondary N) is 2. The van der Waals surface area contributed by atoms with Crippen LogP contribution in [0.3, 0.4) is 0 Å². The maximum Gasteiger partial charge on any atom is 0.250 e. The summed E-state index contributed by atoms with van der Waals surface area (Å²) in [6.07, 6.45) is 0.166. The lowest BCUT2D eigenvalue weighted by molar-refractivity contribution is 0.142. The van der Waals surface area contributed by atoms with Gasteiger partial charge in [0.2, 0.25) is 0 Å². The van der Waals surface area contributed by atoms with Crippen molar-refractivity contribution in [2.24, 2.45) is 5.92 Å². The molecule has 1 rings (SSSR count). The van der Waals surface area contributed by atoms with E-state index in [4.69, 9.17) is 0 Å². The normalized spacial score (nSPS) is 29.5. The number of hydrogen-bond acceptors (Lipinski definition) is 2. The van der Waals surface area contributed by atoms with Gasteiger partial charge in [-0.15, -0.1) is 0 Å². The molecule has 1 saturated heterocycles. The van der Waals surface area contributed by atoms with Gasteiger partial charge in [0.15, 0.2) is 0 Å². The molecule has 13 heavy (non-hydrogen) atoms. The van der Waals surface area contributed by atoms with E-state index in [1.54, 1.807) is 0 Å². The fourth-order valence-electron chi connectivity index (χ4n) is 1.74. The molecule has 2 atom stereocenters. The largest absolute Gasteiger partial charge is 0.312 e. The lowest BCUT2D eigenvalue weighted by atomic mass is 9.93. The zero-order valence-electron chi connectivity index (χ0n) is 8.02. The molecule has 0 radical (unpaired) electrons. The van der Waals surface area contributed by atoms with Crippen molar-refractivity contribution in [1.82, 2.24) is 10.6 Å². The quantitative estimate of drug-likeness (QED) is 0.700. The second-order valence-corrected chi connectivity index (χ2v) is 3.73. The minimum absolute atomic E-state index is 0.190. The topological polar surface area (TPSA) is 24.1 Å². The van der Waals surface area contributed by atoms with Crippen LogP contribution in [0.25, 0.3) is 0 Å². The van der Waals surface area contributed by atoms with Gasteiger partial charge in [-0.1, -0.05) is 6.92 Å². The predicted molar refractivity (Wildman–Crippen MR) is 49.1 cm³/mol. The van der Waals surface area contributed by atoms with Crippen LogP contribution in [-0.2, 0) is 0 Å². The highest BCUT2D eigenvalue weighted by atomic mass is 19.3. The first-order valence-electron chi connectivity index (χ1n) is 4.92. The average molecular weight is 192 g/mol. The van der Waals surface area contributed by atoms with Gasteiger partial charge >= 0.3 is 0 Å². The molecule has 0 aliphatic carbocycles. The van der Waals surface area contributed by atoms with Crippen LogP contribution in [0.1, 0.15) is 19.8 Å². The van der Waals surface area contributed by atoms with Crippen LogP contribution in [0, 0.1) is 5.92 Å². The summed E-state index contributed by atoms with van der Waals surface area (Å²) < 4.78 is 23.6. The standard InChI is InChI=1S/C9H18F2N2/c1-7-3-2-4-13-8(7)5-12-6-9(10)11/h7-9,12-13H,2-6H2,1H3. The molecule has 1 heterocycles. The van der Waals surface area contributed by atoms with Crippen molar-refractivity contribution in [2.45, 2.75) is 32.2 Å². The van der Waals surface area contributed by atoms with Crippen molar-refractivity contribution in [2.75, 3.05) is 19.6 Å². The number of halogens is 2. The Morgan fingerprint density at radius 3 is 2.92 bits per heavy atom. The highest BCUT2D eigenvalue weighted by molar-refractivity contribution is 4.80. The Kier molecular flexibility index (Phi) is 4.59. The van der Waals surface area contributed by atoms with E-state index in [2.05, 4.69) is 17.6 Å². The molecule has 0 aromatic carbocycles. The summed E-state index contributed by atoms with van der Waals surface area (Å²) in [6, 6.07) is 0.368. The number of hydrogen-bond donors (Lipinski definition) is 2. The number of alkyl halides is 2. The van der Waals surface area contributed by atoms with Crippen molar-refractivity contribution in [3.8, 4) is 0 Å². The molecule has 78 valence electrons. The molecule has 0 aromatic heterocycles. The average Bonchev–Trinajstić information content (AvgIpc) is 2.08. The Labute approximate surface area is 78.1 Å². The minimum Gasteiger partial charge on any atom is -0.312 e. The van der Waals surface area contributed by atoms with E-state index in [-0.39, 0.29) is 6.54 Å². The molecule has 0 aromatic rings. The molecular weight excluding hydrogens is 174 g/mol. The van der Waals surface area contributed by atoms with Crippen LogP contribution in [0.15, 0.2) is 0 Å². The van der Waals surface area contributed by atoms with Gasteiger partial charge in [-0.25, -0.2) is 8.78 Å². The molecule has 0 spiro atoms. The molecule has 0 saturated carbocycles. The Morgan fingerprint density at radius 1 is 1.54 bits per heavy atom. The van der Waals surface area contributed by atoms with Gasteiger partial charge in [-0.2, -0.15) is 0 Å². The van der Waals surface area contributed by atoms with E-state index >= 15 is 0 Å². The third kappa shape index (κ3) is 4.00. The van der Waals surface area contributed by atoms with E-state index in [0.29, 0.717) is 18.5 Å². The second-order valence-electron chi connectivity index (χ2n) is 3.73. The van der Waals surface area contributed by atoms with E-state index in [0.717, 1.165) is 6.54 Å². The summed E-state index contributed by atoms with van der Waals surface area (Å²) >= 11 is 0. The molecule has 2 unspecified atom stereocenters. The molecule has 1 fully saturated rings. The van der Waals surface area contributed by atoms with Gasteiger partial charge in [0.25, 0.3) is 6.43 Å². The maximum atomic E-state index is 11.8. The Hall–Kier alpha value is -0.220. The predicted octanol–water partition coefficient (Wildman–Crippen LogP) is 1.23. The van der Waals surface area contributed by atoms with Crippen LogP contribution in [0.4, 0.5) is 8.78 Å². The Bertz CT molecular complexity index is 142. The van der Waals surface area contributed by atoms with Crippen molar-refractivity contribution in [3.63, 3.8) is 0 Å². The number of rotatable bonds is 4. The first-order valence-corrected chi connectivity index (χ1v) is 4.92. The third-order valence-corrected chi connectivity index (χ3v) is 2.59.